The summed E-state index contributed by atoms with van der Waals surface area (Å²) in [6.07, 6.45) is 0. The first-order valence-electron chi connectivity index (χ1n) is 8.59. The van der Waals surface area contributed by atoms with Gasteiger partial charge in [-0.25, -0.2) is 0 Å². The third-order valence-electron chi connectivity index (χ3n) is 4.14. The van der Waals surface area contributed by atoms with Crippen molar-refractivity contribution in [1.82, 2.24) is 4.90 Å². The number of halogens is 3. The maximum atomic E-state index is 12.6. The van der Waals surface area contributed by atoms with Gasteiger partial charge < -0.3 is 20.3 Å². The zero-order valence-corrected chi connectivity index (χ0v) is 17.1. The number of hydrogen-bond donors (Lipinski definition) is 2. The summed E-state index contributed by atoms with van der Waals surface area (Å²) in [6.45, 7) is 2.16. The molecule has 0 spiro atoms. The van der Waals surface area contributed by atoms with Crippen molar-refractivity contribution in [2.75, 3.05) is 43.5 Å². The second kappa shape index (κ2) is 9.47. The Morgan fingerprint density at radius 3 is 2.46 bits per heavy atom. The van der Waals surface area contributed by atoms with Crippen LogP contribution in [0.3, 0.4) is 0 Å². The minimum atomic E-state index is -0.293. The van der Waals surface area contributed by atoms with Crippen molar-refractivity contribution < 1.29 is 14.3 Å². The first-order chi connectivity index (χ1) is 13.4. The third kappa shape index (κ3) is 5.29. The highest BCUT2D eigenvalue weighted by atomic mass is 35.5. The predicted molar refractivity (Wildman–Crippen MR) is 112 cm³/mol. The lowest BCUT2D eigenvalue weighted by atomic mass is 10.1. The van der Waals surface area contributed by atoms with Crippen molar-refractivity contribution in [3.63, 3.8) is 0 Å². The minimum Gasteiger partial charge on any atom is -0.378 e. The normalized spacial score (nSPS) is 13.9. The highest BCUT2D eigenvalue weighted by Crippen LogP contribution is 2.32. The van der Waals surface area contributed by atoms with E-state index >= 15 is 0 Å². The summed E-state index contributed by atoms with van der Waals surface area (Å²) in [5.41, 5.74) is 1.55. The van der Waals surface area contributed by atoms with Crippen molar-refractivity contribution in [2.24, 2.45) is 0 Å². The van der Waals surface area contributed by atoms with Crippen LogP contribution in [-0.4, -0.2) is 49.6 Å². The van der Waals surface area contributed by atoms with Gasteiger partial charge >= 0.3 is 0 Å². The van der Waals surface area contributed by atoms with Crippen molar-refractivity contribution in [1.29, 1.82) is 0 Å². The Hall–Kier alpha value is -1.99. The number of rotatable bonds is 5. The fourth-order valence-electron chi connectivity index (χ4n) is 2.72. The molecule has 0 saturated carbocycles. The van der Waals surface area contributed by atoms with Gasteiger partial charge in [0.25, 0.3) is 5.91 Å². The van der Waals surface area contributed by atoms with E-state index in [1.807, 2.05) is 0 Å². The molecule has 0 radical (unpaired) electrons. The first kappa shape index (κ1) is 20.7. The van der Waals surface area contributed by atoms with E-state index in [9.17, 15) is 9.59 Å². The molecule has 0 bridgehead atoms. The topological polar surface area (TPSA) is 70.7 Å². The van der Waals surface area contributed by atoms with E-state index < -0.39 is 0 Å². The van der Waals surface area contributed by atoms with Crippen LogP contribution in [-0.2, 0) is 9.53 Å². The highest BCUT2D eigenvalue weighted by molar-refractivity contribution is 6.44. The lowest BCUT2D eigenvalue weighted by Crippen LogP contribution is -2.40. The molecule has 0 unspecified atom stereocenters. The van der Waals surface area contributed by atoms with E-state index in [-0.39, 0.29) is 18.4 Å². The molecule has 148 valence electrons. The molecule has 28 heavy (non-hydrogen) atoms. The second-order valence-corrected chi connectivity index (χ2v) is 7.35. The van der Waals surface area contributed by atoms with E-state index in [4.69, 9.17) is 39.5 Å². The van der Waals surface area contributed by atoms with Crippen LogP contribution in [0.25, 0.3) is 0 Å². The summed E-state index contributed by atoms with van der Waals surface area (Å²) in [4.78, 5) is 26.5. The molecule has 1 heterocycles. The van der Waals surface area contributed by atoms with Crippen LogP contribution in [0.15, 0.2) is 36.4 Å². The number of benzene rings is 2. The van der Waals surface area contributed by atoms with Gasteiger partial charge in [0, 0.05) is 24.3 Å². The summed E-state index contributed by atoms with van der Waals surface area (Å²) in [7, 11) is 0. The number of nitrogens with one attached hydrogen (secondary N) is 2. The lowest BCUT2D eigenvalue weighted by Gasteiger charge is -2.27. The number of nitrogens with zero attached hydrogens (tertiary/aromatic N) is 1. The van der Waals surface area contributed by atoms with Crippen LogP contribution >= 0.6 is 34.8 Å². The zero-order valence-electron chi connectivity index (χ0n) is 14.8. The molecular formula is C19H18Cl3N3O3. The Bertz CT molecular complexity index is 886. The summed E-state index contributed by atoms with van der Waals surface area (Å²) in [5.74, 6) is -0.377. The molecule has 2 amide bonds. The van der Waals surface area contributed by atoms with E-state index in [1.54, 1.807) is 35.2 Å². The molecule has 2 N–H and O–H groups in total. The van der Waals surface area contributed by atoms with Gasteiger partial charge in [-0.3, -0.25) is 9.59 Å². The molecule has 2 aromatic rings. The predicted octanol–water partition coefficient (Wildman–Crippen LogP) is 4.17. The van der Waals surface area contributed by atoms with Crippen LogP contribution in [0, 0.1) is 0 Å². The van der Waals surface area contributed by atoms with E-state index in [0.29, 0.717) is 58.3 Å². The lowest BCUT2D eigenvalue weighted by molar-refractivity contribution is -0.114. The third-order valence-corrected chi connectivity index (χ3v) is 5.18. The smallest absolute Gasteiger partial charge is 0.254 e. The molecule has 9 heteroatoms. The van der Waals surface area contributed by atoms with E-state index in [0.717, 1.165) is 0 Å². The summed E-state index contributed by atoms with van der Waals surface area (Å²) < 4.78 is 5.26. The van der Waals surface area contributed by atoms with Gasteiger partial charge in [-0.1, -0.05) is 40.9 Å². The van der Waals surface area contributed by atoms with E-state index in [2.05, 4.69) is 10.6 Å². The Morgan fingerprint density at radius 2 is 1.71 bits per heavy atom. The van der Waals surface area contributed by atoms with Crippen molar-refractivity contribution in [3.05, 3.63) is 57.0 Å². The van der Waals surface area contributed by atoms with Crippen LogP contribution < -0.4 is 10.6 Å². The molecule has 1 saturated heterocycles. The number of anilines is 2. The second-order valence-electron chi connectivity index (χ2n) is 6.13. The van der Waals surface area contributed by atoms with Gasteiger partial charge in [-0.15, -0.1) is 0 Å². The number of morpholine rings is 1. The summed E-state index contributed by atoms with van der Waals surface area (Å²) in [5, 5.41) is 6.71. The average molecular weight is 443 g/mol. The minimum absolute atomic E-state index is 0.0285. The fraction of sp³-hybridized carbons (Fsp3) is 0.263. The van der Waals surface area contributed by atoms with Crippen LogP contribution in [0.4, 0.5) is 11.4 Å². The summed E-state index contributed by atoms with van der Waals surface area (Å²) >= 11 is 17.9. The highest BCUT2D eigenvalue weighted by Gasteiger charge is 2.18. The van der Waals surface area contributed by atoms with Crippen LogP contribution in [0.2, 0.25) is 15.1 Å². The number of ether oxygens (including phenoxy) is 1. The van der Waals surface area contributed by atoms with Crippen molar-refractivity contribution >= 4 is 58.0 Å². The van der Waals surface area contributed by atoms with Gasteiger partial charge in [0.1, 0.15) is 0 Å². The monoisotopic (exact) mass is 441 g/mol. The molecule has 0 aromatic heterocycles. The molecule has 1 fully saturated rings. The number of hydrogen-bond acceptors (Lipinski definition) is 4. The van der Waals surface area contributed by atoms with Crippen molar-refractivity contribution in [3.8, 4) is 0 Å². The van der Waals surface area contributed by atoms with Gasteiger partial charge in [0.15, 0.2) is 0 Å². The molecule has 3 rings (SSSR count). The maximum Gasteiger partial charge on any atom is 0.254 e. The Morgan fingerprint density at radius 1 is 1.00 bits per heavy atom. The molecule has 2 aromatic carbocycles. The molecular weight excluding hydrogens is 425 g/mol. The SMILES string of the molecule is O=C(CNc1cc(Cl)c(Cl)cc1Cl)Nc1cccc(C(=O)N2CCOCC2)c1. The molecule has 6 nitrogen and oxygen atoms in total. The van der Waals surface area contributed by atoms with Gasteiger partial charge in [-0.2, -0.15) is 0 Å². The quantitative estimate of drug-likeness (QED) is 0.682. The number of carbonyl (C=O) groups excluding carboxylic acids is 2. The van der Waals surface area contributed by atoms with E-state index in [1.165, 1.54) is 6.07 Å². The molecule has 1 aliphatic heterocycles. The van der Waals surface area contributed by atoms with Crippen molar-refractivity contribution in [2.45, 2.75) is 0 Å². The maximum absolute atomic E-state index is 12.6. The number of amides is 2. The Kier molecular flexibility index (Phi) is 7.02. The Labute approximate surface area is 177 Å². The molecule has 0 atom stereocenters. The van der Waals surface area contributed by atoms with Gasteiger partial charge in [0.2, 0.25) is 5.91 Å². The number of carbonyl (C=O) groups is 2. The zero-order chi connectivity index (χ0) is 20.1. The molecule has 1 aliphatic rings. The van der Waals surface area contributed by atoms with Gasteiger partial charge in [0.05, 0.1) is 40.5 Å². The fourth-order valence-corrected chi connectivity index (χ4v) is 3.33. The van der Waals surface area contributed by atoms with Gasteiger partial charge in [-0.05, 0) is 30.3 Å². The van der Waals surface area contributed by atoms with Crippen LogP contribution in [0.5, 0.6) is 0 Å². The Balaban J connectivity index is 1.60. The first-order valence-corrected chi connectivity index (χ1v) is 9.73. The summed E-state index contributed by atoms with van der Waals surface area (Å²) in [6, 6.07) is 9.89. The molecule has 0 aliphatic carbocycles. The van der Waals surface area contributed by atoms with Crippen LogP contribution in [0.1, 0.15) is 10.4 Å². The standard InChI is InChI=1S/C19H18Cl3N3O3/c20-14-9-16(22)17(10-15(14)21)23-11-18(26)24-13-3-1-2-12(8-13)19(27)25-4-6-28-7-5-25/h1-3,8-10,23H,4-7,11H2,(H,24,26). The average Bonchev–Trinajstić information content (AvgIpc) is 2.70. The largest absolute Gasteiger partial charge is 0.378 e.